The molecule has 0 bridgehead atoms. The fourth-order valence-electron chi connectivity index (χ4n) is 4.85. The fraction of sp³-hybridized carbons (Fsp3) is 0.429. The summed E-state index contributed by atoms with van der Waals surface area (Å²) in [5, 5.41) is 22.9. The monoisotopic (exact) mass is 568 g/mol. The summed E-state index contributed by atoms with van der Waals surface area (Å²) in [7, 11) is 1.69. The largest absolute Gasteiger partial charge is 0.473 e. The van der Waals surface area contributed by atoms with Gasteiger partial charge < -0.3 is 24.7 Å². The molecule has 1 fully saturated rings. The van der Waals surface area contributed by atoms with Crippen LogP contribution >= 0.6 is 0 Å². The molecule has 0 atom stereocenters. The van der Waals surface area contributed by atoms with Crippen LogP contribution in [-0.2, 0) is 32.2 Å². The van der Waals surface area contributed by atoms with Gasteiger partial charge >= 0.3 is 17.6 Å². The number of aliphatic carboxylic acids is 2. The van der Waals surface area contributed by atoms with E-state index in [1.807, 2.05) is 72.5 Å². The Morgan fingerprint density at radius 1 is 0.902 bits per heavy atom. The van der Waals surface area contributed by atoms with Crippen molar-refractivity contribution in [2.45, 2.75) is 44.8 Å². The first-order valence-corrected chi connectivity index (χ1v) is 13.3. The zero-order chi connectivity index (χ0) is 29.8. The molecule has 13 nitrogen and oxygen atoms in total. The maximum atomic E-state index is 13.1. The van der Waals surface area contributed by atoms with Crippen LogP contribution in [0.5, 0.6) is 0 Å². The van der Waals surface area contributed by atoms with Crippen LogP contribution in [0.15, 0.2) is 65.5 Å². The molecule has 0 unspecified atom stereocenters. The highest BCUT2D eigenvalue weighted by Crippen LogP contribution is 2.34. The molecule has 220 valence electrons. The molecular weight excluding hydrogens is 532 g/mol. The average molecular weight is 569 g/mol. The molecule has 2 N–H and O–H groups in total. The van der Waals surface area contributed by atoms with Gasteiger partial charge in [0.2, 0.25) is 5.91 Å². The van der Waals surface area contributed by atoms with Gasteiger partial charge in [-0.05, 0) is 41.0 Å². The number of hydrogen-bond donors (Lipinski definition) is 2. The van der Waals surface area contributed by atoms with Gasteiger partial charge in [0, 0.05) is 38.9 Å². The molecule has 1 aromatic heterocycles. The number of piperidine rings is 1. The highest BCUT2D eigenvalue weighted by molar-refractivity contribution is 6.27. The molecule has 13 heteroatoms. The van der Waals surface area contributed by atoms with E-state index in [1.54, 1.807) is 7.11 Å². The molecule has 1 aliphatic heterocycles. The number of carbonyl (C=O) groups excluding carboxylic acids is 1. The van der Waals surface area contributed by atoms with Crippen molar-refractivity contribution in [2.24, 2.45) is 0 Å². The summed E-state index contributed by atoms with van der Waals surface area (Å²) >= 11 is 0. The first-order valence-electron chi connectivity index (χ1n) is 13.3. The summed E-state index contributed by atoms with van der Waals surface area (Å²) in [6.45, 7) is 5.56. The van der Waals surface area contributed by atoms with Crippen LogP contribution in [-0.4, -0.2) is 91.6 Å². The summed E-state index contributed by atoms with van der Waals surface area (Å²) in [5.74, 6) is -3.55. The van der Waals surface area contributed by atoms with E-state index in [-0.39, 0.29) is 11.6 Å². The zero-order valence-corrected chi connectivity index (χ0v) is 23.3. The number of carboxylic acid groups (broad SMARTS) is 2. The van der Waals surface area contributed by atoms with Gasteiger partial charge in [-0.25, -0.2) is 14.4 Å². The van der Waals surface area contributed by atoms with E-state index >= 15 is 0 Å². The van der Waals surface area contributed by atoms with Gasteiger partial charge in [0.15, 0.2) is 0 Å². The molecule has 0 saturated carbocycles. The van der Waals surface area contributed by atoms with E-state index in [2.05, 4.69) is 15.3 Å². The number of carboxylic acids is 2. The minimum absolute atomic E-state index is 0.100. The van der Waals surface area contributed by atoms with Crippen molar-refractivity contribution >= 4 is 23.5 Å². The number of tetrazole rings is 1. The second-order valence-electron chi connectivity index (χ2n) is 9.66. The second-order valence-corrected chi connectivity index (χ2v) is 9.66. The molecule has 0 radical (unpaired) electrons. The number of hydrogen-bond acceptors (Lipinski definition) is 8. The van der Waals surface area contributed by atoms with Crippen molar-refractivity contribution in [3.8, 4) is 0 Å². The van der Waals surface area contributed by atoms with Crippen molar-refractivity contribution in [1.29, 1.82) is 0 Å². The number of benzene rings is 2. The topological polar surface area (TPSA) is 160 Å². The third kappa shape index (κ3) is 8.32. The lowest BCUT2D eigenvalue weighted by atomic mass is 9.85. The number of carbonyl (C=O) groups is 3. The first-order chi connectivity index (χ1) is 19.7. The molecule has 2 aromatic carbocycles. The number of para-hydroxylation sites is 1. The van der Waals surface area contributed by atoms with Crippen LogP contribution in [0.3, 0.4) is 0 Å². The predicted octanol–water partition coefficient (Wildman–Crippen LogP) is 1.57. The molecule has 0 aliphatic carbocycles. The second kappa shape index (κ2) is 14.9. The average Bonchev–Trinajstić information content (AvgIpc) is 3.32. The molecule has 1 amide bonds. The highest BCUT2D eigenvalue weighted by Gasteiger charge is 2.42. The van der Waals surface area contributed by atoms with Crippen LogP contribution in [0.2, 0.25) is 0 Å². The van der Waals surface area contributed by atoms with Gasteiger partial charge in [0.1, 0.15) is 0 Å². The zero-order valence-electron chi connectivity index (χ0n) is 23.3. The number of methoxy groups -OCH3 is 1. The Bertz CT molecular complexity index is 1320. The standard InChI is InChI=1S/C26H34N6O3.C2H2O4/c1-3-24(33)32(23-12-8-5-9-13-23)26(21-35-2)14-16-29(17-15-26)18-19-30-25(34)31(28-27-30)20-22-10-6-4-7-11-22;3-1(4)2(5)6/h4-13H,3,14-21H2,1-2H3;(H,3,4)(H,5,6). The Morgan fingerprint density at radius 2 is 1.46 bits per heavy atom. The number of aromatic nitrogens is 4. The van der Waals surface area contributed by atoms with Gasteiger partial charge in [-0.15, -0.1) is 0 Å². The summed E-state index contributed by atoms with van der Waals surface area (Å²) < 4.78 is 8.45. The van der Waals surface area contributed by atoms with E-state index in [0.717, 1.165) is 37.2 Å². The first kappa shape index (κ1) is 31.2. The maximum absolute atomic E-state index is 13.1. The number of amides is 1. The van der Waals surface area contributed by atoms with E-state index in [1.165, 1.54) is 9.36 Å². The van der Waals surface area contributed by atoms with E-state index in [0.29, 0.717) is 32.7 Å². The van der Waals surface area contributed by atoms with Crippen molar-refractivity contribution < 1.29 is 29.3 Å². The Hall–Kier alpha value is -4.36. The third-order valence-corrected chi connectivity index (χ3v) is 6.92. The third-order valence-electron chi connectivity index (χ3n) is 6.92. The number of nitrogens with zero attached hydrogens (tertiary/aromatic N) is 6. The molecule has 4 rings (SSSR count). The van der Waals surface area contributed by atoms with E-state index in [4.69, 9.17) is 24.5 Å². The van der Waals surface area contributed by atoms with E-state index < -0.39 is 17.5 Å². The molecule has 41 heavy (non-hydrogen) atoms. The number of anilines is 1. The van der Waals surface area contributed by atoms with Gasteiger partial charge in [0.05, 0.1) is 25.2 Å². The van der Waals surface area contributed by atoms with Gasteiger partial charge in [-0.2, -0.15) is 9.36 Å². The van der Waals surface area contributed by atoms with Gasteiger partial charge in [0.25, 0.3) is 0 Å². The summed E-state index contributed by atoms with van der Waals surface area (Å²) in [6, 6.07) is 19.6. The Balaban J connectivity index is 0.000000696. The predicted molar refractivity (Wildman–Crippen MR) is 150 cm³/mol. The van der Waals surface area contributed by atoms with Gasteiger partial charge in [-0.1, -0.05) is 55.5 Å². The van der Waals surface area contributed by atoms with Crippen molar-refractivity contribution in [1.82, 2.24) is 24.7 Å². The number of rotatable bonds is 10. The highest BCUT2D eigenvalue weighted by atomic mass is 16.5. The Morgan fingerprint density at radius 3 is 2.00 bits per heavy atom. The lowest BCUT2D eigenvalue weighted by Crippen LogP contribution is -2.60. The number of likely N-dealkylation sites (tertiary alicyclic amines) is 1. The fourth-order valence-corrected chi connectivity index (χ4v) is 4.85. The Kier molecular flexibility index (Phi) is 11.3. The molecule has 0 spiro atoms. The van der Waals surface area contributed by atoms with Gasteiger partial charge in [-0.3, -0.25) is 4.79 Å². The lowest BCUT2D eigenvalue weighted by molar-refractivity contribution is -0.159. The quantitative estimate of drug-likeness (QED) is 0.344. The normalized spacial score (nSPS) is 14.5. The molecule has 1 saturated heterocycles. The van der Waals surface area contributed by atoms with E-state index in [9.17, 15) is 9.59 Å². The number of ether oxygens (including phenoxy) is 1. The molecule has 2 heterocycles. The maximum Gasteiger partial charge on any atom is 0.414 e. The van der Waals surface area contributed by atoms with Crippen LogP contribution in [0, 0.1) is 0 Å². The van der Waals surface area contributed by atoms with Crippen molar-refractivity contribution in [2.75, 3.05) is 38.3 Å². The lowest BCUT2D eigenvalue weighted by Gasteiger charge is -2.48. The van der Waals surface area contributed by atoms with Crippen LogP contribution < -0.4 is 10.6 Å². The van der Waals surface area contributed by atoms with Crippen LogP contribution in [0.25, 0.3) is 0 Å². The summed E-state index contributed by atoms with van der Waals surface area (Å²) in [6.07, 6.45) is 2.01. The van der Waals surface area contributed by atoms with Crippen LogP contribution in [0.4, 0.5) is 5.69 Å². The Labute approximate surface area is 237 Å². The summed E-state index contributed by atoms with van der Waals surface area (Å²) in [5.41, 5.74) is 1.32. The van der Waals surface area contributed by atoms with Crippen molar-refractivity contribution in [3.63, 3.8) is 0 Å². The smallest absolute Gasteiger partial charge is 0.414 e. The molecular formula is C28H36N6O7. The molecule has 1 aliphatic rings. The minimum Gasteiger partial charge on any atom is -0.473 e. The summed E-state index contributed by atoms with van der Waals surface area (Å²) in [4.78, 5) is 48.2. The molecule has 3 aromatic rings. The SMILES string of the molecule is CCC(=O)N(c1ccccc1)C1(COC)CCN(CCn2nnn(Cc3ccccc3)c2=O)CC1.O=C(O)C(=O)O. The minimum atomic E-state index is -1.82. The van der Waals surface area contributed by atoms with Crippen LogP contribution in [0.1, 0.15) is 31.7 Å². The van der Waals surface area contributed by atoms with Crippen molar-refractivity contribution in [3.05, 3.63) is 76.7 Å².